The Morgan fingerprint density at radius 3 is 2.36 bits per heavy atom. The van der Waals surface area contributed by atoms with Crippen LogP contribution in [0.3, 0.4) is 0 Å². The number of carbonyl (C=O) groups is 2. The van der Waals surface area contributed by atoms with E-state index in [4.69, 9.17) is 0 Å². The Bertz CT molecular complexity index is 642. The van der Waals surface area contributed by atoms with Crippen molar-refractivity contribution in [2.45, 2.75) is 40.2 Å². The minimum Gasteiger partial charge on any atom is -0.388 e. The fourth-order valence-electron chi connectivity index (χ4n) is 2.19. The quantitative estimate of drug-likeness (QED) is 0.678. The first-order valence-corrected chi connectivity index (χ1v) is 9.51. The van der Waals surface area contributed by atoms with Gasteiger partial charge >= 0.3 is 0 Å². The van der Waals surface area contributed by atoms with Crippen LogP contribution in [-0.4, -0.2) is 54.5 Å². The maximum Gasteiger partial charge on any atom is 0.242 e. The van der Waals surface area contributed by atoms with Gasteiger partial charge in [-0.25, -0.2) is 4.98 Å². The van der Waals surface area contributed by atoms with E-state index in [9.17, 15) is 9.59 Å². The molecule has 0 atom stereocenters. The molecule has 0 aliphatic rings. The number of imidazole rings is 1. The number of hydrogen-bond donors (Lipinski definition) is 2. The van der Waals surface area contributed by atoms with Gasteiger partial charge in [-0.2, -0.15) is 0 Å². The number of benzene rings is 1. The predicted molar refractivity (Wildman–Crippen MR) is 113 cm³/mol. The molecule has 0 bridgehead atoms. The van der Waals surface area contributed by atoms with Crippen molar-refractivity contribution >= 4 is 12.3 Å². The summed E-state index contributed by atoms with van der Waals surface area (Å²) in [5, 5.41) is 2.40. The van der Waals surface area contributed by atoms with Crippen molar-refractivity contribution in [3.63, 3.8) is 0 Å². The van der Waals surface area contributed by atoms with Crippen molar-refractivity contribution in [3.8, 4) is 11.3 Å². The highest BCUT2D eigenvalue weighted by Gasteiger charge is 2.14. The smallest absolute Gasteiger partial charge is 0.242 e. The summed E-state index contributed by atoms with van der Waals surface area (Å²) in [5.41, 5.74) is 1.97. The third-order valence-corrected chi connectivity index (χ3v) is 3.24. The van der Waals surface area contributed by atoms with Crippen molar-refractivity contribution in [3.05, 3.63) is 42.4 Å². The first kappa shape index (κ1) is 25.3. The van der Waals surface area contributed by atoms with E-state index in [0.29, 0.717) is 19.5 Å². The summed E-state index contributed by atoms with van der Waals surface area (Å²) < 4.78 is 4.25. The second kappa shape index (κ2) is 16.5. The highest BCUT2D eigenvalue weighted by molar-refractivity contribution is 5.79. The number of methoxy groups -OCH3 is 1. The minimum absolute atomic E-state index is 0.00967. The van der Waals surface area contributed by atoms with Crippen LogP contribution in [0, 0.1) is 0 Å². The van der Waals surface area contributed by atoms with Crippen LogP contribution in [0.15, 0.2) is 36.5 Å². The normalized spacial score (nSPS) is 9.32. The predicted octanol–water partition coefficient (Wildman–Crippen LogP) is 3.24. The Morgan fingerprint density at radius 1 is 1.21 bits per heavy atom. The number of rotatable bonds is 8. The van der Waals surface area contributed by atoms with E-state index in [1.54, 1.807) is 25.3 Å². The highest BCUT2D eigenvalue weighted by Crippen LogP contribution is 2.16. The molecule has 0 unspecified atom stereocenters. The number of nitrogens with one attached hydrogen (secondary N) is 2. The Balaban J connectivity index is 0.00000108. The maximum atomic E-state index is 12.0. The third kappa shape index (κ3) is 10.5. The summed E-state index contributed by atoms with van der Waals surface area (Å²) in [4.78, 5) is 31.6. The van der Waals surface area contributed by atoms with E-state index < -0.39 is 0 Å². The van der Waals surface area contributed by atoms with E-state index in [-0.39, 0.29) is 12.5 Å². The highest BCUT2D eigenvalue weighted by atomic mass is 16.4. The van der Waals surface area contributed by atoms with E-state index in [2.05, 4.69) is 33.9 Å². The fraction of sp³-hybridized carbons (Fsp3) is 0.476. The zero-order chi connectivity index (χ0) is 21.2. The molecule has 156 valence electrons. The van der Waals surface area contributed by atoms with Crippen LogP contribution in [0.2, 0.25) is 0 Å². The van der Waals surface area contributed by atoms with Gasteiger partial charge in [-0.05, 0) is 12.0 Å². The van der Waals surface area contributed by atoms with Gasteiger partial charge in [0.15, 0.2) is 0 Å². The number of H-pyrrole nitrogens is 1. The van der Waals surface area contributed by atoms with Gasteiger partial charge in [-0.15, -0.1) is 0 Å². The summed E-state index contributed by atoms with van der Waals surface area (Å²) in [6, 6.07) is 9.89. The first-order chi connectivity index (χ1) is 13.6. The molecule has 7 heteroatoms. The lowest BCUT2D eigenvalue weighted by molar-refractivity contribution is -0.132. The van der Waals surface area contributed by atoms with Gasteiger partial charge in [-0.1, -0.05) is 57.5 Å². The van der Waals surface area contributed by atoms with Crippen LogP contribution in [0.25, 0.3) is 11.3 Å². The molecule has 0 saturated heterocycles. The first-order valence-electron chi connectivity index (χ1n) is 9.51. The van der Waals surface area contributed by atoms with E-state index in [1.165, 1.54) is 6.42 Å². The van der Waals surface area contributed by atoms with Crippen LogP contribution < -0.4 is 5.32 Å². The van der Waals surface area contributed by atoms with E-state index in [1.807, 2.05) is 37.3 Å². The summed E-state index contributed by atoms with van der Waals surface area (Å²) >= 11 is 0. The van der Waals surface area contributed by atoms with Gasteiger partial charge in [-0.3, -0.25) is 9.59 Å². The van der Waals surface area contributed by atoms with Gasteiger partial charge < -0.3 is 19.9 Å². The maximum absolute atomic E-state index is 12.0. The van der Waals surface area contributed by atoms with E-state index >= 15 is 0 Å². The molecule has 28 heavy (non-hydrogen) atoms. The van der Waals surface area contributed by atoms with Gasteiger partial charge in [0.1, 0.15) is 5.82 Å². The third-order valence-electron chi connectivity index (χ3n) is 3.24. The number of nitrogens with zero attached hydrogens (tertiary/aromatic N) is 2. The van der Waals surface area contributed by atoms with Gasteiger partial charge in [0, 0.05) is 20.8 Å². The molecule has 2 rings (SSSR count). The minimum atomic E-state index is -0.119. The summed E-state index contributed by atoms with van der Waals surface area (Å²) in [6.07, 6.45) is 4.39. The number of amides is 2. The molecule has 0 saturated carbocycles. The van der Waals surface area contributed by atoms with Crippen LogP contribution in [0.4, 0.5) is 0 Å². The van der Waals surface area contributed by atoms with Crippen LogP contribution in [-0.2, 0) is 20.9 Å². The number of aromatic nitrogens is 2. The lowest BCUT2D eigenvalue weighted by Gasteiger charge is -2.20. The molecule has 0 aliphatic heterocycles. The molecular weight excluding hydrogens is 356 g/mol. The van der Waals surface area contributed by atoms with Crippen molar-refractivity contribution < 1.29 is 14.3 Å². The second-order valence-corrected chi connectivity index (χ2v) is 6.04. The number of ether oxygens (including phenoxy) is 1. The van der Waals surface area contributed by atoms with Crippen molar-refractivity contribution in [2.24, 2.45) is 0 Å². The molecule has 0 fully saturated rings. The van der Waals surface area contributed by atoms with Crippen LogP contribution in [0.5, 0.6) is 0 Å². The lowest BCUT2D eigenvalue weighted by atomic mass is 10.2. The van der Waals surface area contributed by atoms with Gasteiger partial charge in [0.25, 0.3) is 0 Å². The molecular formula is C21H34N4O3. The Morgan fingerprint density at radius 2 is 1.82 bits per heavy atom. The van der Waals surface area contributed by atoms with Crippen LogP contribution in [0.1, 0.15) is 39.4 Å². The molecule has 0 radical (unpaired) electrons. The van der Waals surface area contributed by atoms with Crippen molar-refractivity contribution in [1.29, 1.82) is 0 Å². The Labute approximate surface area is 168 Å². The Kier molecular flexibility index (Phi) is 14.9. The zero-order valence-corrected chi connectivity index (χ0v) is 17.7. The molecule has 1 heterocycles. The summed E-state index contributed by atoms with van der Waals surface area (Å²) in [5.74, 6) is 0.610. The topological polar surface area (TPSA) is 87.3 Å². The van der Waals surface area contributed by atoms with Crippen molar-refractivity contribution in [1.82, 2.24) is 20.2 Å². The Hall–Kier alpha value is -2.67. The molecule has 2 N–H and O–H groups in total. The average Bonchev–Trinajstić information content (AvgIpc) is 3.16. The average molecular weight is 391 g/mol. The molecule has 7 nitrogen and oxygen atoms in total. The van der Waals surface area contributed by atoms with Crippen LogP contribution >= 0.6 is 0 Å². The lowest BCUT2D eigenvalue weighted by Crippen LogP contribution is -2.38. The largest absolute Gasteiger partial charge is 0.388 e. The SMILES string of the molecule is CCC.CCCN(Cc1ncc(-c2ccccc2)[nH]1)C(=O)CNC=O.COC. The standard InChI is InChI=1S/C16H20N4O2.C3H8.C2H6O/c1-2-8-20(16(22)10-17-12-21)11-15-18-9-14(19-15)13-6-4-3-5-7-13;2*1-3-2/h3-7,9,12H,2,8,10-11H2,1H3,(H,17,21)(H,18,19);3H2,1-2H3;1-2H3. The molecule has 0 aliphatic carbocycles. The molecule has 0 spiro atoms. The van der Waals surface area contributed by atoms with Gasteiger partial charge in [0.05, 0.1) is 25.0 Å². The monoisotopic (exact) mass is 390 g/mol. The fourth-order valence-corrected chi connectivity index (χ4v) is 2.19. The molecule has 1 aromatic carbocycles. The number of aromatic amines is 1. The second-order valence-electron chi connectivity index (χ2n) is 6.04. The van der Waals surface area contributed by atoms with Crippen molar-refractivity contribution in [2.75, 3.05) is 27.3 Å². The van der Waals surface area contributed by atoms with E-state index in [0.717, 1.165) is 23.5 Å². The molecule has 2 aromatic rings. The summed E-state index contributed by atoms with van der Waals surface area (Å²) in [7, 11) is 3.25. The molecule has 2 amide bonds. The van der Waals surface area contributed by atoms with Gasteiger partial charge in [0.2, 0.25) is 12.3 Å². The number of hydrogen-bond acceptors (Lipinski definition) is 4. The summed E-state index contributed by atoms with van der Waals surface area (Å²) in [6.45, 7) is 7.29. The zero-order valence-electron chi connectivity index (χ0n) is 17.7. The molecule has 1 aromatic heterocycles. The number of carbonyl (C=O) groups excluding carboxylic acids is 2.